The largest absolute Gasteiger partial charge is 0.476 e. The van der Waals surface area contributed by atoms with E-state index in [0.29, 0.717) is 12.4 Å². The molecule has 0 bridgehead atoms. The maximum atomic E-state index is 10.7. The first-order valence-electron chi connectivity index (χ1n) is 4.99. The van der Waals surface area contributed by atoms with Crippen LogP contribution in [0.4, 0.5) is 5.82 Å². The second-order valence-corrected chi connectivity index (χ2v) is 3.54. The van der Waals surface area contributed by atoms with Crippen LogP contribution in [0.3, 0.4) is 0 Å². The summed E-state index contributed by atoms with van der Waals surface area (Å²) >= 11 is 0. The first-order valence-corrected chi connectivity index (χ1v) is 4.99. The molecule has 1 heterocycles. The lowest BCUT2D eigenvalue weighted by Crippen LogP contribution is -2.26. The number of hydrogen-bond acceptors (Lipinski definition) is 4. The van der Waals surface area contributed by atoms with Crippen LogP contribution >= 0.6 is 0 Å². The molecule has 0 saturated heterocycles. The van der Waals surface area contributed by atoms with Crippen molar-refractivity contribution in [2.45, 2.75) is 13.8 Å². The molecule has 5 nitrogen and oxygen atoms in total. The Morgan fingerprint density at radius 2 is 2.25 bits per heavy atom. The number of rotatable bonds is 5. The number of carbonyl (C=O) groups is 1. The number of hydrogen-bond donors (Lipinski definition) is 1. The van der Waals surface area contributed by atoms with Gasteiger partial charge in [0.25, 0.3) is 0 Å². The Bertz CT molecular complexity index is 404. The van der Waals surface area contributed by atoms with Gasteiger partial charge in [0.2, 0.25) is 0 Å². The number of anilines is 1. The third-order valence-corrected chi connectivity index (χ3v) is 2.01. The summed E-state index contributed by atoms with van der Waals surface area (Å²) in [5.74, 6) is -0.508. The molecule has 0 amide bonds. The van der Waals surface area contributed by atoms with Gasteiger partial charge in [0.1, 0.15) is 5.82 Å². The van der Waals surface area contributed by atoms with Crippen molar-refractivity contribution in [3.05, 3.63) is 30.2 Å². The van der Waals surface area contributed by atoms with Gasteiger partial charge >= 0.3 is 5.97 Å². The summed E-state index contributed by atoms with van der Waals surface area (Å²) in [6.07, 6.45) is 2.79. The Morgan fingerprint density at radius 1 is 1.56 bits per heavy atom. The van der Waals surface area contributed by atoms with Gasteiger partial charge in [0.05, 0.1) is 12.4 Å². The molecule has 0 aliphatic heterocycles. The highest BCUT2D eigenvalue weighted by atomic mass is 16.4. The summed E-state index contributed by atoms with van der Waals surface area (Å²) < 4.78 is 0. The first-order chi connectivity index (χ1) is 7.54. The third-order valence-electron chi connectivity index (χ3n) is 2.01. The average Bonchev–Trinajstić information content (AvgIpc) is 2.25. The van der Waals surface area contributed by atoms with E-state index in [2.05, 4.69) is 16.5 Å². The summed E-state index contributed by atoms with van der Waals surface area (Å²) in [6, 6.07) is 0. The molecule has 0 fully saturated rings. The van der Waals surface area contributed by atoms with Gasteiger partial charge in [-0.25, -0.2) is 9.78 Å². The molecular weight excluding hydrogens is 206 g/mol. The minimum absolute atomic E-state index is 0.0438. The van der Waals surface area contributed by atoms with Gasteiger partial charge in [0.15, 0.2) is 5.69 Å². The first kappa shape index (κ1) is 12.2. The molecule has 1 aromatic heterocycles. The summed E-state index contributed by atoms with van der Waals surface area (Å²) in [4.78, 5) is 20.6. The highest BCUT2D eigenvalue weighted by Gasteiger charge is 2.10. The maximum absolute atomic E-state index is 10.7. The van der Waals surface area contributed by atoms with Crippen LogP contribution < -0.4 is 4.90 Å². The molecule has 5 heteroatoms. The van der Waals surface area contributed by atoms with Crippen molar-refractivity contribution in [2.75, 3.05) is 18.0 Å². The zero-order valence-electron chi connectivity index (χ0n) is 9.47. The van der Waals surface area contributed by atoms with Crippen molar-refractivity contribution < 1.29 is 9.90 Å². The smallest absolute Gasteiger partial charge is 0.356 e. The van der Waals surface area contributed by atoms with E-state index in [0.717, 1.165) is 12.1 Å². The number of carboxylic acids is 1. The predicted molar refractivity (Wildman–Crippen MR) is 61.7 cm³/mol. The molecule has 0 atom stereocenters. The monoisotopic (exact) mass is 221 g/mol. The fourth-order valence-corrected chi connectivity index (χ4v) is 1.29. The fourth-order valence-electron chi connectivity index (χ4n) is 1.29. The predicted octanol–water partition coefficient (Wildman–Crippen LogP) is 1.58. The lowest BCUT2D eigenvalue weighted by Gasteiger charge is -2.21. The van der Waals surface area contributed by atoms with Gasteiger partial charge < -0.3 is 10.0 Å². The summed E-state index contributed by atoms with van der Waals surface area (Å²) in [6.45, 7) is 9.08. The molecule has 0 radical (unpaired) electrons. The lowest BCUT2D eigenvalue weighted by atomic mass is 10.3. The molecule has 1 rings (SSSR count). The second kappa shape index (κ2) is 5.25. The molecule has 0 aromatic carbocycles. The standard InChI is InChI=1S/C11H15N3O2/c1-4-14(7-8(2)3)10-6-12-5-9(13-10)11(15)16/h5-6H,2,4,7H2,1,3H3,(H,15,16). The molecule has 16 heavy (non-hydrogen) atoms. The highest BCUT2D eigenvalue weighted by molar-refractivity contribution is 5.85. The Labute approximate surface area is 94.5 Å². The normalized spacial score (nSPS) is 9.88. The van der Waals surface area contributed by atoms with Crippen molar-refractivity contribution in [3.63, 3.8) is 0 Å². The third kappa shape index (κ3) is 3.05. The van der Waals surface area contributed by atoms with Crippen LogP contribution in [0.15, 0.2) is 24.5 Å². The number of carboxylic acid groups (broad SMARTS) is 1. The molecule has 0 aliphatic rings. The number of aromatic nitrogens is 2. The average molecular weight is 221 g/mol. The molecule has 0 unspecified atom stereocenters. The fraction of sp³-hybridized carbons (Fsp3) is 0.364. The van der Waals surface area contributed by atoms with E-state index < -0.39 is 5.97 Å². The van der Waals surface area contributed by atoms with Crippen LogP contribution in [0, 0.1) is 0 Å². The number of aromatic carboxylic acids is 1. The van der Waals surface area contributed by atoms with Crippen LogP contribution in [-0.2, 0) is 0 Å². The zero-order valence-corrected chi connectivity index (χ0v) is 9.47. The van der Waals surface area contributed by atoms with E-state index in [1.54, 1.807) is 6.20 Å². The molecule has 0 spiro atoms. The minimum Gasteiger partial charge on any atom is -0.476 e. The number of likely N-dealkylation sites (N-methyl/N-ethyl adjacent to an activating group) is 1. The molecule has 0 saturated carbocycles. The molecular formula is C11H15N3O2. The van der Waals surface area contributed by atoms with Crippen LogP contribution in [0.25, 0.3) is 0 Å². The van der Waals surface area contributed by atoms with E-state index in [9.17, 15) is 4.79 Å². The molecule has 0 aliphatic carbocycles. The lowest BCUT2D eigenvalue weighted by molar-refractivity contribution is 0.0690. The summed E-state index contributed by atoms with van der Waals surface area (Å²) in [7, 11) is 0. The quantitative estimate of drug-likeness (QED) is 0.764. The van der Waals surface area contributed by atoms with E-state index in [1.807, 2.05) is 18.7 Å². The summed E-state index contributed by atoms with van der Waals surface area (Å²) in [5.41, 5.74) is 0.946. The second-order valence-electron chi connectivity index (χ2n) is 3.54. The van der Waals surface area contributed by atoms with Crippen molar-refractivity contribution in [1.29, 1.82) is 0 Å². The Hall–Kier alpha value is -1.91. The van der Waals surface area contributed by atoms with Crippen molar-refractivity contribution in [3.8, 4) is 0 Å². The van der Waals surface area contributed by atoms with Gasteiger partial charge in [-0.3, -0.25) is 4.98 Å². The van der Waals surface area contributed by atoms with Crippen LogP contribution in [0.1, 0.15) is 24.3 Å². The van der Waals surface area contributed by atoms with Gasteiger partial charge in [-0.05, 0) is 13.8 Å². The SMILES string of the molecule is C=C(C)CN(CC)c1cncc(C(=O)O)n1. The zero-order chi connectivity index (χ0) is 12.1. The van der Waals surface area contributed by atoms with Crippen LogP contribution in [0.2, 0.25) is 0 Å². The highest BCUT2D eigenvalue weighted by Crippen LogP contribution is 2.11. The van der Waals surface area contributed by atoms with Gasteiger partial charge in [-0.2, -0.15) is 0 Å². The Balaban J connectivity index is 2.96. The van der Waals surface area contributed by atoms with E-state index in [1.165, 1.54) is 6.20 Å². The topological polar surface area (TPSA) is 66.3 Å². The minimum atomic E-state index is -1.07. The maximum Gasteiger partial charge on any atom is 0.356 e. The Morgan fingerprint density at radius 3 is 2.75 bits per heavy atom. The van der Waals surface area contributed by atoms with Crippen LogP contribution in [0.5, 0.6) is 0 Å². The Kier molecular flexibility index (Phi) is 3.99. The van der Waals surface area contributed by atoms with E-state index in [-0.39, 0.29) is 5.69 Å². The molecule has 1 aromatic rings. The van der Waals surface area contributed by atoms with E-state index in [4.69, 9.17) is 5.11 Å². The van der Waals surface area contributed by atoms with Gasteiger partial charge in [0, 0.05) is 13.1 Å². The van der Waals surface area contributed by atoms with Crippen molar-refractivity contribution in [2.24, 2.45) is 0 Å². The van der Waals surface area contributed by atoms with Gasteiger partial charge in [-0.1, -0.05) is 12.2 Å². The van der Waals surface area contributed by atoms with Crippen molar-refractivity contribution >= 4 is 11.8 Å². The summed E-state index contributed by atoms with van der Waals surface area (Å²) in [5, 5.41) is 8.81. The van der Waals surface area contributed by atoms with Gasteiger partial charge in [-0.15, -0.1) is 0 Å². The van der Waals surface area contributed by atoms with E-state index >= 15 is 0 Å². The molecule has 86 valence electrons. The molecule has 1 N–H and O–H groups in total. The van der Waals surface area contributed by atoms with Crippen LogP contribution in [-0.4, -0.2) is 34.1 Å². The number of nitrogens with zero attached hydrogens (tertiary/aromatic N) is 3. The van der Waals surface area contributed by atoms with Crippen molar-refractivity contribution in [1.82, 2.24) is 9.97 Å².